The molecule has 132 valence electrons. The maximum atomic E-state index is 13.1. The molecule has 1 N–H and O–H groups in total. The molecule has 26 heavy (non-hydrogen) atoms. The van der Waals surface area contributed by atoms with Gasteiger partial charge in [0.25, 0.3) is 5.56 Å². The van der Waals surface area contributed by atoms with Gasteiger partial charge in [-0.15, -0.1) is 0 Å². The molecule has 6 heteroatoms. The van der Waals surface area contributed by atoms with E-state index in [0.717, 1.165) is 16.6 Å². The van der Waals surface area contributed by atoms with Gasteiger partial charge in [0.05, 0.1) is 23.3 Å². The zero-order valence-corrected chi connectivity index (χ0v) is 14.9. The Labute approximate surface area is 149 Å². The topological polar surface area (TPSA) is 69.0 Å². The standard InChI is InChI=1S/C20H19N3O3/c1-4-26-15-7-5-14(6-8-15)22-19(24)18-11-21-16-9-12(2)13(3)10-17(16)23(18)20(22)25/h5-11,21H,4H2,1-3H3. The molecule has 2 heterocycles. The summed E-state index contributed by atoms with van der Waals surface area (Å²) in [5.74, 6) is 0.699. The summed E-state index contributed by atoms with van der Waals surface area (Å²) in [6.45, 7) is 6.46. The Balaban J connectivity index is 2.01. The molecule has 0 spiro atoms. The van der Waals surface area contributed by atoms with Crippen molar-refractivity contribution in [2.24, 2.45) is 0 Å². The predicted molar refractivity (Wildman–Crippen MR) is 101 cm³/mol. The summed E-state index contributed by atoms with van der Waals surface area (Å²) in [6, 6.07) is 10.9. The number of aryl methyl sites for hydroxylation is 2. The number of benzene rings is 2. The Morgan fingerprint density at radius 1 is 1.00 bits per heavy atom. The van der Waals surface area contributed by atoms with Crippen LogP contribution in [0.1, 0.15) is 18.1 Å². The molecular formula is C20H19N3O3. The lowest BCUT2D eigenvalue weighted by atomic mass is 10.1. The molecule has 0 saturated heterocycles. The zero-order chi connectivity index (χ0) is 18.4. The van der Waals surface area contributed by atoms with Gasteiger partial charge in [0.2, 0.25) is 0 Å². The molecule has 2 aliphatic rings. The number of ether oxygens (including phenoxy) is 1. The third kappa shape index (κ3) is 2.34. The highest BCUT2D eigenvalue weighted by Crippen LogP contribution is 2.20. The van der Waals surface area contributed by atoms with Crippen molar-refractivity contribution in [3.63, 3.8) is 0 Å². The summed E-state index contributed by atoms with van der Waals surface area (Å²) in [4.78, 5) is 29.0. The second-order valence-electron chi connectivity index (χ2n) is 6.31. The molecule has 0 aromatic heterocycles. The highest BCUT2D eigenvalue weighted by Gasteiger charge is 2.21. The highest BCUT2D eigenvalue weighted by atomic mass is 16.5. The number of fused-ring (bicyclic) bond motifs is 3. The van der Waals surface area contributed by atoms with Crippen molar-refractivity contribution in [3.05, 3.63) is 74.6 Å². The Kier molecular flexibility index (Phi) is 3.68. The van der Waals surface area contributed by atoms with Gasteiger partial charge in [0, 0.05) is 6.20 Å². The van der Waals surface area contributed by atoms with E-state index < -0.39 is 0 Å². The fourth-order valence-corrected chi connectivity index (χ4v) is 3.19. The molecule has 6 nitrogen and oxygen atoms in total. The number of aromatic nitrogens is 3. The minimum Gasteiger partial charge on any atom is -0.494 e. The van der Waals surface area contributed by atoms with Crippen molar-refractivity contribution in [2.45, 2.75) is 20.8 Å². The number of imidazole rings is 1. The number of hydrogen-bond acceptors (Lipinski definition) is 3. The minimum absolute atomic E-state index is 0.319. The van der Waals surface area contributed by atoms with Crippen molar-refractivity contribution >= 4 is 11.0 Å². The number of aromatic amines is 1. The molecule has 0 amide bonds. The minimum atomic E-state index is -0.378. The van der Waals surface area contributed by atoms with Crippen molar-refractivity contribution < 1.29 is 4.74 Å². The van der Waals surface area contributed by atoms with Gasteiger partial charge in [0.1, 0.15) is 11.4 Å². The SMILES string of the molecule is CCOc1ccc(-n2c(=O)c3c[nH]c4cc(C)c(C)cc4n-3c2=O)cc1. The van der Waals surface area contributed by atoms with Gasteiger partial charge in [-0.2, -0.15) is 0 Å². The van der Waals surface area contributed by atoms with Crippen LogP contribution in [0, 0.1) is 13.8 Å². The molecule has 0 radical (unpaired) electrons. The third-order valence-electron chi connectivity index (χ3n) is 4.67. The van der Waals surface area contributed by atoms with Crippen molar-refractivity contribution in [1.29, 1.82) is 0 Å². The van der Waals surface area contributed by atoms with E-state index in [1.54, 1.807) is 30.5 Å². The summed E-state index contributed by atoms with van der Waals surface area (Å²) >= 11 is 0. The second-order valence-corrected chi connectivity index (χ2v) is 6.31. The van der Waals surface area contributed by atoms with Gasteiger partial charge >= 0.3 is 5.69 Å². The van der Waals surface area contributed by atoms with Crippen LogP contribution in [0.15, 0.2) is 52.2 Å². The molecule has 0 aliphatic carbocycles. The first-order valence-corrected chi connectivity index (χ1v) is 8.50. The van der Waals surface area contributed by atoms with Crippen molar-refractivity contribution in [3.8, 4) is 17.1 Å². The van der Waals surface area contributed by atoms with Gasteiger partial charge in [-0.05, 0) is 68.3 Å². The summed E-state index contributed by atoms with van der Waals surface area (Å²) < 4.78 is 8.08. The lowest BCUT2D eigenvalue weighted by molar-refractivity contribution is 0.340. The van der Waals surface area contributed by atoms with Crippen molar-refractivity contribution in [2.75, 3.05) is 6.61 Å². The monoisotopic (exact) mass is 349 g/mol. The van der Waals surface area contributed by atoms with Gasteiger partial charge < -0.3 is 9.72 Å². The molecule has 2 aliphatic heterocycles. The normalized spacial score (nSPS) is 11.3. The Morgan fingerprint density at radius 3 is 2.38 bits per heavy atom. The van der Waals surface area contributed by atoms with Crippen LogP contribution in [0.25, 0.3) is 22.4 Å². The molecule has 0 unspecified atom stereocenters. The molecule has 2 aromatic rings. The third-order valence-corrected chi connectivity index (χ3v) is 4.67. The Hall–Kier alpha value is -3.28. The lowest BCUT2D eigenvalue weighted by Crippen LogP contribution is -2.25. The fourth-order valence-electron chi connectivity index (χ4n) is 3.19. The largest absolute Gasteiger partial charge is 0.494 e. The second kappa shape index (κ2) is 5.91. The molecule has 0 bridgehead atoms. The van der Waals surface area contributed by atoms with Gasteiger partial charge in [-0.1, -0.05) is 0 Å². The molecular weight excluding hydrogens is 330 g/mol. The first-order chi connectivity index (χ1) is 12.5. The fraction of sp³-hybridized carbons (Fsp3) is 0.200. The number of hydrogen-bond donors (Lipinski definition) is 1. The molecule has 0 saturated carbocycles. The summed E-state index contributed by atoms with van der Waals surface area (Å²) in [5, 5.41) is 0. The zero-order valence-electron chi connectivity index (χ0n) is 14.9. The quantitative estimate of drug-likeness (QED) is 0.618. The summed E-state index contributed by atoms with van der Waals surface area (Å²) in [5.41, 5.74) is 3.79. The predicted octanol–water partition coefficient (Wildman–Crippen LogP) is 2.92. The van der Waals surface area contributed by atoms with Crippen LogP contribution < -0.4 is 16.0 Å². The van der Waals surface area contributed by atoms with E-state index >= 15 is 0 Å². The Morgan fingerprint density at radius 2 is 1.69 bits per heavy atom. The number of rotatable bonds is 3. The molecule has 0 atom stereocenters. The first-order valence-electron chi connectivity index (χ1n) is 8.50. The average Bonchev–Trinajstić information content (AvgIpc) is 2.88. The van der Waals surface area contributed by atoms with Gasteiger partial charge in [-0.25, -0.2) is 9.36 Å². The maximum Gasteiger partial charge on any atom is 0.341 e. The number of nitrogens with zero attached hydrogens (tertiary/aromatic N) is 2. The number of nitrogens with one attached hydrogen (secondary N) is 1. The van der Waals surface area contributed by atoms with Crippen LogP contribution in [0.3, 0.4) is 0 Å². The maximum absolute atomic E-state index is 13.1. The van der Waals surface area contributed by atoms with E-state index in [-0.39, 0.29) is 11.2 Å². The van der Waals surface area contributed by atoms with E-state index in [0.29, 0.717) is 29.2 Å². The van der Waals surface area contributed by atoms with E-state index in [2.05, 4.69) is 4.98 Å². The van der Waals surface area contributed by atoms with Crippen molar-refractivity contribution in [1.82, 2.24) is 14.1 Å². The highest BCUT2D eigenvalue weighted by molar-refractivity contribution is 5.79. The molecule has 2 aromatic carbocycles. The van der Waals surface area contributed by atoms with Crippen LogP contribution in [-0.4, -0.2) is 20.7 Å². The van der Waals surface area contributed by atoms with Crippen LogP contribution >= 0.6 is 0 Å². The van der Waals surface area contributed by atoms with Crippen LogP contribution in [0.2, 0.25) is 0 Å². The van der Waals surface area contributed by atoms with Crippen LogP contribution in [-0.2, 0) is 0 Å². The molecule has 0 fully saturated rings. The van der Waals surface area contributed by atoms with Gasteiger partial charge in [0.15, 0.2) is 0 Å². The van der Waals surface area contributed by atoms with Crippen LogP contribution in [0.5, 0.6) is 5.75 Å². The van der Waals surface area contributed by atoms with Gasteiger partial charge in [-0.3, -0.25) is 9.36 Å². The summed E-state index contributed by atoms with van der Waals surface area (Å²) in [6.07, 6.45) is 1.59. The Bertz CT molecular complexity index is 1200. The van der Waals surface area contributed by atoms with Crippen LogP contribution in [0.4, 0.5) is 0 Å². The van der Waals surface area contributed by atoms with E-state index in [1.807, 2.05) is 32.9 Å². The smallest absolute Gasteiger partial charge is 0.341 e. The summed E-state index contributed by atoms with van der Waals surface area (Å²) in [7, 11) is 0. The first kappa shape index (κ1) is 16.2. The lowest BCUT2D eigenvalue weighted by Gasteiger charge is -2.09. The van der Waals surface area contributed by atoms with E-state index in [4.69, 9.17) is 4.74 Å². The molecule has 4 rings (SSSR count). The van der Waals surface area contributed by atoms with E-state index in [9.17, 15) is 9.59 Å². The average molecular weight is 349 g/mol. The number of H-pyrrole nitrogens is 1. The van der Waals surface area contributed by atoms with E-state index in [1.165, 1.54) is 9.13 Å².